The minimum absolute atomic E-state index is 0.0194. The molecule has 3 aromatic carbocycles. The first-order chi connectivity index (χ1) is 28.2. The van der Waals surface area contributed by atoms with Gasteiger partial charge in [-0.3, -0.25) is 9.69 Å². The number of hydrogen-bond donors (Lipinski definition) is 4. The fourth-order valence-corrected chi connectivity index (χ4v) is 9.13. The van der Waals surface area contributed by atoms with Gasteiger partial charge >= 0.3 is 12.2 Å². The van der Waals surface area contributed by atoms with Crippen molar-refractivity contribution in [2.75, 3.05) is 27.3 Å². The number of piperidine rings is 1. The Morgan fingerprint density at radius 3 is 1.97 bits per heavy atom. The number of imidazole rings is 2. The highest BCUT2D eigenvalue weighted by Gasteiger charge is 2.51. The van der Waals surface area contributed by atoms with Crippen molar-refractivity contribution in [1.82, 2.24) is 40.4 Å². The van der Waals surface area contributed by atoms with Crippen LogP contribution in [0.15, 0.2) is 91.3 Å². The van der Waals surface area contributed by atoms with Gasteiger partial charge in [-0.05, 0) is 78.3 Å². The average Bonchev–Trinajstić information content (AvgIpc) is 4.12. The number of H-pyrrole nitrogens is 2. The second kappa shape index (κ2) is 16.9. The maximum atomic E-state index is 14.3. The summed E-state index contributed by atoms with van der Waals surface area (Å²) in [6, 6.07) is 25.4. The van der Waals surface area contributed by atoms with Crippen LogP contribution in [0.3, 0.4) is 0 Å². The molecule has 3 fully saturated rings. The topological polar surface area (TPSA) is 158 Å². The maximum absolute atomic E-state index is 14.3. The van der Waals surface area contributed by atoms with E-state index in [0.29, 0.717) is 5.56 Å². The third kappa shape index (κ3) is 7.95. The number of alkyl carbamates (subject to hydrolysis) is 2. The zero-order valence-corrected chi connectivity index (χ0v) is 33.5. The average molecular weight is 785 g/mol. The molecule has 2 saturated heterocycles. The summed E-state index contributed by atoms with van der Waals surface area (Å²) in [6.07, 6.45) is 7.67. The zero-order valence-electron chi connectivity index (χ0n) is 33.5. The first-order valence-electron chi connectivity index (χ1n) is 20.3. The Kier molecular flexibility index (Phi) is 11.3. The molecule has 1 aliphatic carbocycles. The van der Waals surface area contributed by atoms with Gasteiger partial charge < -0.3 is 35.0 Å². The lowest BCUT2D eigenvalue weighted by molar-refractivity contribution is -0.138. The van der Waals surface area contributed by atoms with Gasteiger partial charge in [0.1, 0.15) is 17.7 Å². The summed E-state index contributed by atoms with van der Waals surface area (Å²) in [7, 11) is 2.70. The predicted octanol–water partition coefficient (Wildman–Crippen LogP) is 7.80. The van der Waals surface area contributed by atoms with E-state index < -0.39 is 18.2 Å². The van der Waals surface area contributed by atoms with Crippen LogP contribution in [-0.4, -0.2) is 87.2 Å². The van der Waals surface area contributed by atoms with Crippen molar-refractivity contribution in [3.63, 3.8) is 0 Å². The number of rotatable bonds is 12. The SMILES string of the molecule is COC(=O)N[C@@H](C(=O)N1C2CC[C@@H](C2)[C@H]1c1ncc(-c2ccc(-c3ccc(-c4cnc([C@@H]5CCCN5C[C@@H](NC(=O)OC)C(C)C)[nH]4)cc3)cc2)[nH]1)c1ccccc1. The van der Waals surface area contributed by atoms with Gasteiger partial charge in [-0.1, -0.05) is 92.7 Å². The largest absolute Gasteiger partial charge is 0.453 e. The van der Waals surface area contributed by atoms with Crippen molar-refractivity contribution in [2.45, 2.75) is 76.2 Å². The number of amides is 3. The number of aromatic nitrogens is 4. The second-order valence-electron chi connectivity index (χ2n) is 16.1. The molecule has 1 unspecified atom stereocenters. The number of benzene rings is 3. The molecule has 13 nitrogen and oxygen atoms in total. The number of methoxy groups -OCH3 is 2. The first kappa shape index (κ1) is 38.9. The molecule has 5 aromatic rings. The number of carbonyl (C=O) groups excluding carboxylic acids is 3. The van der Waals surface area contributed by atoms with E-state index in [1.807, 2.05) is 47.6 Å². The summed E-state index contributed by atoms with van der Waals surface area (Å²) < 4.78 is 9.76. The number of ether oxygens (including phenoxy) is 2. The molecule has 1 saturated carbocycles. The van der Waals surface area contributed by atoms with Crippen LogP contribution in [0.4, 0.5) is 9.59 Å². The van der Waals surface area contributed by atoms with E-state index in [1.54, 1.807) is 0 Å². The minimum Gasteiger partial charge on any atom is -0.453 e. The summed E-state index contributed by atoms with van der Waals surface area (Å²) in [4.78, 5) is 59.7. The third-order valence-electron chi connectivity index (χ3n) is 12.3. The number of carbonyl (C=O) groups is 3. The fraction of sp³-hybridized carbons (Fsp3) is 0.400. The Morgan fingerprint density at radius 1 is 0.759 bits per heavy atom. The summed E-state index contributed by atoms with van der Waals surface area (Å²) in [5.41, 5.74) is 6.82. The normalized spacial score (nSPS) is 21.2. The van der Waals surface area contributed by atoms with Crippen LogP contribution in [0.25, 0.3) is 33.6 Å². The van der Waals surface area contributed by atoms with Crippen LogP contribution < -0.4 is 10.6 Å². The third-order valence-corrected chi connectivity index (χ3v) is 12.3. The van der Waals surface area contributed by atoms with Crippen molar-refractivity contribution in [2.24, 2.45) is 11.8 Å². The maximum Gasteiger partial charge on any atom is 0.407 e. The Morgan fingerprint density at radius 2 is 1.34 bits per heavy atom. The van der Waals surface area contributed by atoms with Crippen molar-refractivity contribution in [1.29, 1.82) is 0 Å². The van der Waals surface area contributed by atoms with Crippen LogP contribution in [0.2, 0.25) is 0 Å². The molecule has 0 spiro atoms. The Balaban J connectivity index is 0.938. The lowest BCUT2D eigenvalue weighted by Crippen LogP contribution is -2.47. The molecule has 3 amide bonds. The number of hydrogen-bond acceptors (Lipinski definition) is 8. The Labute approximate surface area is 338 Å². The molecule has 8 rings (SSSR count). The van der Waals surface area contributed by atoms with Gasteiger partial charge in [0.25, 0.3) is 5.91 Å². The van der Waals surface area contributed by atoms with Crippen molar-refractivity contribution >= 4 is 18.1 Å². The van der Waals surface area contributed by atoms with E-state index in [9.17, 15) is 14.4 Å². The molecule has 2 aliphatic heterocycles. The van der Waals surface area contributed by atoms with E-state index >= 15 is 0 Å². The molecule has 2 aromatic heterocycles. The van der Waals surface area contributed by atoms with E-state index in [4.69, 9.17) is 19.4 Å². The lowest BCUT2D eigenvalue weighted by atomic mass is 9.96. The highest BCUT2D eigenvalue weighted by atomic mass is 16.5. The first-order valence-corrected chi connectivity index (χ1v) is 20.3. The van der Waals surface area contributed by atoms with Gasteiger partial charge in [0.05, 0.1) is 50.1 Å². The van der Waals surface area contributed by atoms with Crippen molar-refractivity contribution < 1.29 is 23.9 Å². The van der Waals surface area contributed by atoms with Gasteiger partial charge in [0.2, 0.25) is 0 Å². The molecule has 302 valence electrons. The van der Waals surface area contributed by atoms with E-state index in [1.165, 1.54) is 14.2 Å². The smallest absolute Gasteiger partial charge is 0.407 e. The van der Waals surface area contributed by atoms with E-state index in [-0.39, 0.29) is 41.9 Å². The fourth-order valence-electron chi connectivity index (χ4n) is 9.13. The van der Waals surface area contributed by atoms with Gasteiger partial charge in [-0.2, -0.15) is 0 Å². The summed E-state index contributed by atoms with van der Waals surface area (Å²) >= 11 is 0. The molecule has 13 heteroatoms. The highest BCUT2D eigenvalue weighted by Crippen LogP contribution is 2.50. The molecule has 6 atom stereocenters. The Hall–Kier alpha value is -5.95. The van der Waals surface area contributed by atoms with E-state index in [0.717, 1.165) is 90.5 Å². The monoisotopic (exact) mass is 784 g/mol. The number of fused-ring (bicyclic) bond motifs is 2. The second-order valence-corrected chi connectivity index (χ2v) is 16.1. The molecular weight excluding hydrogens is 733 g/mol. The van der Waals surface area contributed by atoms with Gasteiger partial charge in [0, 0.05) is 18.6 Å². The van der Waals surface area contributed by atoms with Crippen LogP contribution in [0.5, 0.6) is 0 Å². The lowest BCUT2D eigenvalue weighted by Gasteiger charge is -2.36. The van der Waals surface area contributed by atoms with Crippen molar-refractivity contribution in [3.8, 4) is 33.6 Å². The highest BCUT2D eigenvalue weighted by molar-refractivity contribution is 5.88. The molecule has 3 aliphatic rings. The van der Waals surface area contributed by atoms with Crippen LogP contribution in [0, 0.1) is 11.8 Å². The van der Waals surface area contributed by atoms with Crippen LogP contribution >= 0.6 is 0 Å². The molecule has 58 heavy (non-hydrogen) atoms. The Bertz CT molecular complexity index is 2200. The molecule has 0 radical (unpaired) electrons. The number of nitrogens with zero attached hydrogens (tertiary/aromatic N) is 4. The number of aromatic amines is 2. The standard InChI is InChI=1S/C45H52N8O5/c1-27(2)37(50-44(55)57-3)26-52-22-8-11-38(52)41-46-24-35(48-41)30-16-12-28(13-17-30)29-14-18-31(19-15-29)36-25-47-42(49-36)40-33-20-21-34(23-33)53(40)43(54)39(51-45(56)58-4)32-9-6-5-7-10-32/h5-7,9-10,12-19,24-25,27,33-34,37-40H,8,11,20-23,26H2,1-4H3,(H,46,48)(H,47,49)(H,50,55)(H,51,56)/t33-,34?,37+,38-,39+,40-/m0/s1. The summed E-state index contributed by atoms with van der Waals surface area (Å²) in [5, 5.41) is 5.77. The van der Waals surface area contributed by atoms with Crippen LogP contribution in [-0.2, 0) is 14.3 Å². The predicted molar refractivity (Wildman–Crippen MR) is 220 cm³/mol. The van der Waals surface area contributed by atoms with E-state index in [2.05, 4.69) is 87.9 Å². The molecular formula is C45H52N8O5. The number of likely N-dealkylation sites (tertiary alicyclic amines) is 2. The zero-order chi connectivity index (χ0) is 40.3. The van der Waals surface area contributed by atoms with Crippen LogP contribution in [0.1, 0.15) is 81.3 Å². The van der Waals surface area contributed by atoms with Gasteiger partial charge in [0.15, 0.2) is 0 Å². The summed E-state index contributed by atoms with van der Waals surface area (Å²) in [6.45, 7) is 5.91. The molecule has 4 N–H and O–H groups in total. The van der Waals surface area contributed by atoms with Gasteiger partial charge in [-0.15, -0.1) is 0 Å². The van der Waals surface area contributed by atoms with Gasteiger partial charge in [-0.25, -0.2) is 19.6 Å². The minimum atomic E-state index is -0.862. The number of nitrogens with one attached hydrogen (secondary N) is 4. The quantitative estimate of drug-likeness (QED) is 0.0999. The van der Waals surface area contributed by atoms with Crippen molar-refractivity contribution in [3.05, 3.63) is 108 Å². The molecule has 2 bridgehead atoms. The summed E-state index contributed by atoms with van der Waals surface area (Å²) in [5.74, 6) is 2.11. The molecule has 4 heterocycles.